The van der Waals surface area contributed by atoms with Crippen molar-refractivity contribution >= 4 is 29.4 Å². The molecule has 3 aliphatic heterocycles. The molecular formula is C22H23ClN4O3. The van der Waals surface area contributed by atoms with Crippen LogP contribution in [0.5, 0.6) is 0 Å². The summed E-state index contributed by atoms with van der Waals surface area (Å²) < 4.78 is 5.03. The Morgan fingerprint density at radius 2 is 2.20 bits per heavy atom. The largest absolute Gasteiger partial charge is 0.448 e. The highest BCUT2D eigenvalue weighted by Crippen LogP contribution is 2.39. The fourth-order valence-electron chi connectivity index (χ4n) is 4.67. The lowest BCUT2D eigenvalue weighted by Gasteiger charge is -2.25. The van der Waals surface area contributed by atoms with Crippen molar-refractivity contribution < 1.29 is 14.3 Å². The molecule has 1 N–H and O–H groups in total. The van der Waals surface area contributed by atoms with Gasteiger partial charge in [-0.1, -0.05) is 23.7 Å². The van der Waals surface area contributed by atoms with Crippen molar-refractivity contribution in [2.75, 3.05) is 31.6 Å². The topological polar surface area (TPSA) is 74.8 Å². The molecule has 1 aromatic heterocycles. The summed E-state index contributed by atoms with van der Waals surface area (Å²) in [6.07, 6.45) is 2.85. The molecule has 156 valence electrons. The summed E-state index contributed by atoms with van der Waals surface area (Å²) in [5.74, 6) is 0.754. The van der Waals surface area contributed by atoms with E-state index in [0.29, 0.717) is 36.8 Å². The fourth-order valence-corrected chi connectivity index (χ4v) is 4.86. The lowest BCUT2D eigenvalue weighted by molar-refractivity contribution is 0.0779. The number of carbonyl (C=O) groups excluding carboxylic acids is 2. The molecule has 1 aromatic carbocycles. The van der Waals surface area contributed by atoms with Gasteiger partial charge in [-0.25, -0.2) is 9.78 Å². The van der Waals surface area contributed by atoms with Gasteiger partial charge in [-0.2, -0.15) is 0 Å². The molecule has 0 aliphatic carbocycles. The molecule has 7 nitrogen and oxygen atoms in total. The number of aromatic nitrogens is 1. The van der Waals surface area contributed by atoms with E-state index in [9.17, 15) is 9.59 Å². The predicted molar refractivity (Wildman–Crippen MR) is 113 cm³/mol. The summed E-state index contributed by atoms with van der Waals surface area (Å²) in [4.78, 5) is 32.9. The Labute approximate surface area is 180 Å². The molecule has 2 atom stereocenters. The van der Waals surface area contributed by atoms with E-state index < -0.39 is 0 Å². The standard InChI is InChI=1S/C22H23ClN4O3/c1-22(16-3-2-4-17(23)10-16)11-14-9-15(12-24-19(14)25-22)20(28)26-6-5-18(13-26)27-7-8-30-21(27)29/h2-4,9-10,12,18H,5-8,11,13H2,1H3,(H,24,25)/t18-,22+/m0/s1. The third kappa shape index (κ3) is 3.27. The minimum atomic E-state index is -0.323. The van der Waals surface area contributed by atoms with Gasteiger partial charge < -0.3 is 15.0 Å². The van der Waals surface area contributed by atoms with E-state index in [-0.39, 0.29) is 23.6 Å². The van der Waals surface area contributed by atoms with Crippen LogP contribution in [-0.2, 0) is 16.7 Å². The van der Waals surface area contributed by atoms with Crippen molar-refractivity contribution in [3.63, 3.8) is 0 Å². The van der Waals surface area contributed by atoms with Gasteiger partial charge in [-0.05, 0) is 42.7 Å². The van der Waals surface area contributed by atoms with E-state index in [1.165, 1.54) is 0 Å². The molecule has 2 saturated heterocycles. The molecule has 2 amide bonds. The smallest absolute Gasteiger partial charge is 0.410 e. The van der Waals surface area contributed by atoms with Gasteiger partial charge in [-0.15, -0.1) is 0 Å². The number of pyridine rings is 1. The number of nitrogens with one attached hydrogen (secondary N) is 1. The highest BCUT2D eigenvalue weighted by Gasteiger charge is 2.38. The van der Waals surface area contributed by atoms with Crippen LogP contribution in [0, 0.1) is 0 Å². The zero-order valence-corrected chi connectivity index (χ0v) is 17.5. The summed E-state index contributed by atoms with van der Waals surface area (Å²) in [6.45, 7) is 4.30. The van der Waals surface area contributed by atoms with E-state index >= 15 is 0 Å². The van der Waals surface area contributed by atoms with E-state index in [1.807, 2.05) is 30.3 Å². The van der Waals surface area contributed by atoms with Gasteiger partial charge in [0.15, 0.2) is 0 Å². The predicted octanol–water partition coefficient (Wildman–Crippen LogP) is 3.29. The molecule has 4 heterocycles. The van der Waals surface area contributed by atoms with Crippen molar-refractivity contribution in [3.8, 4) is 0 Å². The van der Waals surface area contributed by atoms with Crippen LogP contribution in [0.1, 0.15) is 34.8 Å². The zero-order chi connectivity index (χ0) is 20.9. The third-order valence-corrected chi connectivity index (χ3v) is 6.53. The van der Waals surface area contributed by atoms with Gasteiger partial charge in [0.05, 0.1) is 23.7 Å². The van der Waals surface area contributed by atoms with Crippen molar-refractivity contribution in [3.05, 3.63) is 58.2 Å². The number of hydrogen-bond donors (Lipinski definition) is 1. The zero-order valence-electron chi connectivity index (χ0n) is 16.7. The van der Waals surface area contributed by atoms with Crippen LogP contribution in [0.25, 0.3) is 0 Å². The number of benzene rings is 1. The Hall–Kier alpha value is -2.80. The molecule has 2 fully saturated rings. The number of fused-ring (bicyclic) bond motifs is 1. The Morgan fingerprint density at radius 1 is 1.33 bits per heavy atom. The third-order valence-electron chi connectivity index (χ3n) is 6.30. The SMILES string of the molecule is C[C@]1(c2cccc(Cl)c2)Cc2cc(C(=O)N3CC[C@H](N4CCOC4=O)C3)cnc2N1. The van der Waals surface area contributed by atoms with Gasteiger partial charge in [0.25, 0.3) is 5.91 Å². The molecule has 30 heavy (non-hydrogen) atoms. The Balaban J connectivity index is 1.32. The monoisotopic (exact) mass is 426 g/mol. The normalized spacial score (nSPS) is 25.3. The van der Waals surface area contributed by atoms with E-state index in [1.54, 1.807) is 16.0 Å². The molecular weight excluding hydrogens is 404 g/mol. The number of nitrogens with zero attached hydrogens (tertiary/aromatic N) is 3. The second kappa shape index (κ2) is 7.16. The number of carbonyl (C=O) groups is 2. The van der Waals surface area contributed by atoms with Gasteiger partial charge in [0, 0.05) is 30.7 Å². The van der Waals surface area contributed by atoms with E-state index in [4.69, 9.17) is 16.3 Å². The molecule has 5 rings (SSSR count). The second-order valence-electron chi connectivity index (χ2n) is 8.38. The average molecular weight is 427 g/mol. The summed E-state index contributed by atoms with van der Waals surface area (Å²) in [5, 5.41) is 4.18. The molecule has 0 saturated carbocycles. The Kier molecular flexibility index (Phi) is 4.58. The van der Waals surface area contributed by atoms with Gasteiger partial charge in [0.2, 0.25) is 0 Å². The highest BCUT2D eigenvalue weighted by atomic mass is 35.5. The summed E-state index contributed by atoms with van der Waals surface area (Å²) in [5.41, 5.74) is 2.36. The molecule has 0 unspecified atom stereocenters. The number of hydrogen-bond acceptors (Lipinski definition) is 5. The second-order valence-corrected chi connectivity index (χ2v) is 8.81. The average Bonchev–Trinajstić information content (AvgIpc) is 3.44. The first-order valence-electron chi connectivity index (χ1n) is 10.2. The van der Waals surface area contributed by atoms with E-state index in [0.717, 1.165) is 29.8 Å². The molecule has 0 bridgehead atoms. The maximum Gasteiger partial charge on any atom is 0.410 e. The highest BCUT2D eigenvalue weighted by molar-refractivity contribution is 6.30. The van der Waals surface area contributed by atoms with Crippen LogP contribution in [0.2, 0.25) is 5.02 Å². The van der Waals surface area contributed by atoms with Gasteiger partial charge in [-0.3, -0.25) is 9.69 Å². The number of amides is 2. The summed E-state index contributed by atoms with van der Waals surface area (Å²) >= 11 is 6.18. The minimum absolute atomic E-state index is 0.0270. The van der Waals surface area contributed by atoms with Crippen molar-refractivity contribution in [2.24, 2.45) is 0 Å². The molecule has 8 heteroatoms. The van der Waals surface area contributed by atoms with Crippen molar-refractivity contribution in [1.29, 1.82) is 0 Å². The first-order chi connectivity index (χ1) is 14.4. The molecule has 2 aromatic rings. The van der Waals surface area contributed by atoms with Gasteiger partial charge in [0.1, 0.15) is 12.4 Å². The van der Waals surface area contributed by atoms with Crippen LogP contribution >= 0.6 is 11.6 Å². The van der Waals surface area contributed by atoms with Crippen molar-refractivity contribution in [2.45, 2.75) is 31.3 Å². The van der Waals surface area contributed by atoms with Crippen LogP contribution in [-0.4, -0.2) is 59.1 Å². The lowest BCUT2D eigenvalue weighted by Crippen LogP contribution is -2.39. The van der Waals surface area contributed by atoms with Crippen LogP contribution < -0.4 is 5.32 Å². The number of anilines is 1. The van der Waals surface area contributed by atoms with Crippen LogP contribution in [0.4, 0.5) is 10.6 Å². The summed E-state index contributed by atoms with van der Waals surface area (Å²) in [6, 6.07) is 9.77. The molecule has 0 radical (unpaired) electrons. The minimum Gasteiger partial charge on any atom is -0.448 e. The van der Waals surface area contributed by atoms with E-state index in [2.05, 4.69) is 17.2 Å². The first-order valence-corrected chi connectivity index (χ1v) is 10.6. The lowest BCUT2D eigenvalue weighted by atomic mass is 9.89. The number of likely N-dealkylation sites (tertiary alicyclic amines) is 1. The number of halogens is 1. The fraction of sp³-hybridized carbons (Fsp3) is 0.409. The quantitative estimate of drug-likeness (QED) is 0.815. The Bertz CT molecular complexity index is 1030. The molecule has 3 aliphatic rings. The number of rotatable bonds is 3. The van der Waals surface area contributed by atoms with Crippen LogP contribution in [0.3, 0.4) is 0 Å². The first kappa shape index (κ1) is 19.2. The summed E-state index contributed by atoms with van der Waals surface area (Å²) in [7, 11) is 0. The molecule has 0 spiro atoms. The van der Waals surface area contributed by atoms with Crippen LogP contribution in [0.15, 0.2) is 36.5 Å². The van der Waals surface area contributed by atoms with Crippen molar-refractivity contribution in [1.82, 2.24) is 14.8 Å². The van der Waals surface area contributed by atoms with Gasteiger partial charge >= 0.3 is 6.09 Å². The maximum atomic E-state index is 13.1. The maximum absolute atomic E-state index is 13.1. The number of cyclic esters (lactones) is 1. The number of ether oxygens (including phenoxy) is 1. The Morgan fingerprint density at radius 3 is 2.97 bits per heavy atom.